The van der Waals surface area contributed by atoms with E-state index in [0.717, 1.165) is 10.4 Å². The summed E-state index contributed by atoms with van der Waals surface area (Å²) in [5.74, 6) is -1.11. The van der Waals surface area contributed by atoms with Crippen molar-refractivity contribution < 1.29 is 14.7 Å². The quantitative estimate of drug-likeness (QED) is 0.621. The van der Waals surface area contributed by atoms with E-state index in [1.165, 1.54) is 11.8 Å². The maximum atomic E-state index is 12.2. The third-order valence-corrected chi connectivity index (χ3v) is 4.06. The summed E-state index contributed by atoms with van der Waals surface area (Å²) in [5.41, 5.74) is 2.50. The van der Waals surface area contributed by atoms with Crippen LogP contribution < -0.4 is 5.32 Å². The van der Waals surface area contributed by atoms with E-state index >= 15 is 0 Å². The third-order valence-electron chi connectivity index (χ3n) is 3.06. The van der Waals surface area contributed by atoms with Crippen LogP contribution in [0.15, 0.2) is 47.4 Å². The number of rotatable bonds is 5. The Morgan fingerprint density at radius 1 is 1.17 bits per heavy atom. The molecule has 0 aliphatic heterocycles. The molecule has 1 heterocycles. The van der Waals surface area contributed by atoms with Crippen molar-refractivity contribution in [2.24, 2.45) is 0 Å². The van der Waals surface area contributed by atoms with Crippen molar-refractivity contribution in [3.8, 4) is 0 Å². The Balaban J connectivity index is 1.68. The normalized spacial score (nSPS) is 10.6. The summed E-state index contributed by atoms with van der Waals surface area (Å²) >= 11 is 1.22. The van der Waals surface area contributed by atoms with Gasteiger partial charge in [0.25, 0.3) is 5.91 Å². The molecular formula is C15H12N4O3S. The molecule has 0 aliphatic rings. The van der Waals surface area contributed by atoms with Crippen molar-refractivity contribution >= 4 is 40.4 Å². The number of carboxylic acids is 1. The average Bonchev–Trinajstić information content (AvgIpc) is 3.01. The summed E-state index contributed by atoms with van der Waals surface area (Å²) in [5, 5.41) is 21.7. The van der Waals surface area contributed by atoms with E-state index < -0.39 is 5.97 Å². The van der Waals surface area contributed by atoms with E-state index in [1.54, 1.807) is 42.5 Å². The number of aliphatic carboxylic acids is 1. The minimum Gasteiger partial charge on any atom is -0.481 e. The molecule has 0 spiro atoms. The molecule has 3 aromatic rings. The van der Waals surface area contributed by atoms with E-state index in [0.29, 0.717) is 16.8 Å². The third kappa shape index (κ3) is 3.67. The molecule has 116 valence electrons. The predicted octanol–water partition coefficient (Wildman–Crippen LogP) is 2.39. The Kier molecular flexibility index (Phi) is 4.24. The van der Waals surface area contributed by atoms with Crippen molar-refractivity contribution in [1.29, 1.82) is 0 Å². The van der Waals surface area contributed by atoms with Gasteiger partial charge in [-0.05, 0) is 42.5 Å². The van der Waals surface area contributed by atoms with Gasteiger partial charge in [0.05, 0.1) is 11.3 Å². The van der Waals surface area contributed by atoms with Crippen molar-refractivity contribution in [2.75, 3.05) is 11.1 Å². The number of H-pyrrole nitrogens is 1. The molecule has 2 aromatic carbocycles. The standard InChI is InChI=1S/C15H12N4O3S/c20-14(21)8-23-11-4-2-10(3-5-11)16-15(22)9-1-6-12-13(7-9)18-19-17-12/h1-7H,8H2,(H,16,22)(H,20,21)(H,17,18,19). The number of fused-ring (bicyclic) bond motifs is 1. The number of hydrogen-bond acceptors (Lipinski definition) is 5. The first kappa shape index (κ1) is 15.0. The van der Waals surface area contributed by atoms with Crippen LogP contribution in [0.5, 0.6) is 0 Å². The van der Waals surface area contributed by atoms with Crippen LogP contribution in [0.1, 0.15) is 10.4 Å². The number of carbonyl (C=O) groups excluding carboxylic acids is 1. The number of nitrogens with one attached hydrogen (secondary N) is 2. The molecule has 0 bridgehead atoms. The van der Waals surface area contributed by atoms with Crippen molar-refractivity contribution in [3.63, 3.8) is 0 Å². The molecule has 0 fully saturated rings. The SMILES string of the molecule is O=C(O)CSc1ccc(NC(=O)c2ccc3[nH]nnc3c2)cc1. The predicted molar refractivity (Wildman–Crippen MR) is 86.6 cm³/mol. The van der Waals surface area contributed by atoms with Gasteiger partial charge in [-0.1, -0.05) is 5.21 Å². The van der Waals surface area contributed by atoms with Crippen molar-refractivity contribution in [1.82, 2.24) is 15.4 Å². The number of aromatic amines is 1. The maximum Gasteiger partial charge on any atom is 0.313 e. The van der Waals surface area contributed by atoms with Crippen LogP contribution in [0.4, 0.5) is 5.69 Å². The Morgan fingerprint density at radius 3 is 2.70 bits per heavy atom. The summed E-state index contributed by atoms with van der Waals surface area (Å²) < 4.78 is 0. The topological polar surface area (TPSA) is 108 Å². The van der Waals surface area contributed by atoms with E-state index in [1.807, 2.05) is 0 Å². The zero-order chi connectivity index (χ0) is 16.2. The molecule has 0 saturated heterocycles. The molecular weight excluding hydrogens is 316 g/mol. The zero-order valence-electron chi connectivity index (χ0n) is 11.8. The monoisotopic (exact) mass is 328 g/mol. The molecule has 0 radical (unpaired) electrons. The van der Waals surface area contributed by atoms with Crippen molar-refractivity contribution in [3.05, 3.63) is 48.0 Å². The van der Waals surface area contributed by atoms with Crippen LogP contribution in [0, 0.1) is 0 Å². The minimum absolute atomic E-state index is 0.00339. The van der Waals surface area contributed by atoms with Crippen LogP contribution in [-0.2, 0) is 4.79 Å². The van der Waals surface area contributed by atoms with Gasteiger partial charge in [0.15, 0.2) is 0 Å². The number of carbonyl (C=O) groups is 2. The van der Waals surface area contributed by atoms with E-state index in [4.69, 9.17) is 5.11 Å². The number of hydrogen-bond donors (Lipinski definition) is 3. The number of nitrogens with zero attached hydrogens (tertiary/aromatic N) is 2. The molecule has 0 unspecified atom stereocenters. The highest BCUT2D eigenvalue weighted by atomic mass is 32.2. The molecule has 0 saturated carbocycles. The zero-order valence-corrected chi connectivity index (χ0v) is 12.6. The second-order valence-corrected chi connectivity index (χ2v) is 5.75. The van der Waals surface area contributed by atoms with Gasteiger partial charge in [0.2, 0.25) is 0 Å². The molecule has 8 heteroatoms. The lowest BCUT2D eigenvalue weighted by atomic mass is 10.2. The van der Waals surface area contributed by atoms with Crippen LogP contribution in [0.2, 0.25) is 0 Å². The fourth-order valence-electron chi connectivity index (χ4n) is 1.97. The highest BCUT2D eigenvalue weighted by Crippen LogP contribution is 2.20. The fraction of sp³-hybridized carbons (Fsp3) is 0.0667. The molecule has 0 aliphatic carbocycles. The van der Waals surface area contributed by atoms with E-state index in [9.17, 15) is 9.59 Å². The molecule has 3 N–H and O–H groups in total. The largest absolute Gasteiger partial charge is 0.481 e. The summed E-state index contributed by atoms with van der Waals surface area (Å²) in [6.45, 7) is 0. The summed E-state index contributed by atoms with van der Waals surface area (Å²) in [7, 11) is 0. The number of thioether (sulfide) groups is 1. The smallest absolute Gasteiger partial charge is 0.313 e. The first-order chi connectivity index (χ1) is 11.1. The fourth-order valence-corrected chi connectivity index (χ4v) is 2.58. The van der Waals surface area contributed by atoms with Gasteiger partial charge in [-0.2, -0.15) is 0 Å². The van der Waals surface area contributed by atoms with E-state index in [2.05, 4.69) is 20.7 Å². The van der Waals surface area contributed by atoms with Gasteiger partial charge < -0.3 is 10.4 Å². The second kappa shape index (κ2) is 6.49. The number of carboxylic acid groups (broad SMARTS) is 1. The first-order valence-corrected chi connectivity index (χ1v) is 7.67. The molecule has 0 atom stereocenters. The highest BCUT2D eigenvalue weighted by molar-refractivity contribution is 8.00. The Bertz CT molecular complexity index is 861. The minimum atomic E-state index is -0.865. The first-order valence-electron chi connectivity index (χ1n) is 6.68. The number of amides is 1. The van der Waals surface area contributed by atoms with Crippen LogP contribution in [0.3, 0.4) is 0 Å². The van der Waals surface area contributed by atoms with Crippen LogP contribution >= 0.6 is 11.8 Å². The molecule has 7 nitrogen and oxygen atoms in total. The van der Waals surface area contributed by atoms with Gasteiger partial charge in [0.1, 0.15) is 5.52 Å². The number of benzene rings is 2. The van der Waals surface area contributed by atoms with Gasteiger partial charge in [0, 0.05) is 16.1 Å². The second-order valence-electron chi connectivity index (χ2n) is 4.70. The van der Waals surface area contributed by atoms with Crippen LogP contribution in [0.25, 0.3) is 11.0 Å². The highest BCUT2D eigenvalue weighted by Gasteiger charge is 2.08. The lowest BCUT2D eigenvalue weighted by molar-refractivity contribution is -0.133. The Morgan fingerprint density at radius 2 is 1.96 bits per heavy atom. The molecule has 23 heavy (non-hydrogen) atoms. The summed E-state index contributed by atoms with van der Waals surface area (Å²) in [6, 6.07) is 12.1. The van der Waals surface area contributed by atoms with Crippen LogP contribution in [-0.4, -0.2) is 38.1 Å². The average molecular weight is 328 g/mol. The van der Waals surface area contributed by atoms with E-state index in [-0.39, 0.29) is 11.7 Å². The van der Waals surface area contributed by atoms with Crippen molar-refractivity contribution in [2.45, 2.75) is 4.90 Å². The van der Waals surface area contributed by atoms with Gasteiger partial charge in [-0.3, -0.25) is 14.7 Å². The maximum absolute atomic E-state index is 12.2. The van der Waals surface area contributed by atoms with Gasteiger partial charge in [-0.15, -0.1) is 16.9 Å². The lowest BCUT2D eigenvalue weighted by Gasteiger charge is -2.06. The number of aromatic nitrogens is 3. The molecule has 1 aromatic heterocycles. The Labute approximate surface area is 135 Å². The molecule has 3 rings (SSSR count). The number of anilines is 1. The summed E-state index contributed by atoms with van der Waals surface area (Å²) in [6.07, 6.45) is 0. The van der Waals surface area contributed by atoms with Gasteiger partial charge >= 0.3 is 5.97 Å². The lowest BCUT2D eigenvalue weighted by Crippen LogP contribution is -2.11. The Hall–Kier alpha value is -2.87. The van der Waals surface area contributed by atoms with Gasteiger partial charge in [-0.25, -0.2) is 0 Å². The summed E-state index contributed by atoms with van der Waals surface area (Å²) in [4.78, 5) is 23.6. The molecule has 1 amide bonds.